The number of fused-ring (bicyclic) bond motifs is 1. The van der Waals surface area contributed by atoms with Crippen LogP contribution in [0.1, 0.15) is 77.4 Å². The minimum absolute atomic E-state index is 0.0231. The molecule has 0 radical (unpaired) electrons. The van der Waals surface area contributed by atoms with Gasteiger partial charge >= 0.3 is 5.97 Å². The molecule has 5 rings (SSSR count). The zero-order valence-electron chi connectivity index (χ0n) is 21.7. The molecule has 1 fully saturated rings. The van der Waals surface area contributed by atoms with E-state index in [2.05, 4.69) is 10.1 Å². The highest BCUT2D eigenvalue weighted by atomic mass is 16.5. The summed E-state index contributed by atoms with van der Waals surface area (Å²) in [7, 11) is 0. The largest absolute Gasteiger partial charge is 0.511 e. The molecule has 39 heavy (non-hydrogen) atoms. The van der Waals surface area contributed by atoms with Gasteiger partial charge in [-0.05, 0) is 36.3 Å². The Labute approximate surface area is 226 Å². The number of ketones is 2. The number of carbonyl (C=O) groups excluding carboxylic acids is 2. The van der Waals surface area contributed by atoms with E-state index in [4.69, 9.17) is 4.52 Å². The molecule has 200 valence electrons. The van der Waals surface area contributed by atoms with Gasteiger partial charge in [-0.25, -0.2) is 4.79 Å². The van der Waals surface area contributed by atoms with Crippen LogP contribution in [0.4, 0.5) is 0 Å². The lowest BCUT2D eigenvalue weighted by Gasteiger charge is -2.26. The molecule has 3 unspecified atom stereocenters. The number of hydrogen-bond acceptors (Lipinski definition) is 7. The summed E-state index contributed by atoms with van der Waals surface area (Å²) >= 11 is 0. The number of carboxylic acids is 1. The Balaban J connectivity index is 1.38. The third-order valence-corrected chi connectivity index (χ3v) is 7.55. The zero-order valence-corrected chi connectivity index (χ0v) is 21.7. The number of nitrogens with zero attached hydrogens (tertiary/aromatic N) is 2. The van der Waals surface area contributed by atoms with E-state index < -0.39 is 12.0 Å². The molecular formula is C31H30N2O6. The Morgan fingerprint density at radius 2 is 1.51 bits per heavy atom. The summed E-state index contributed by atoms with van der Waals surface area (Å²) in [5.41, 5.74) is 3.31. The maximum atomic E-state index is 13.3. The Morgan fingerprint density at radius 3 is 2.13 bits per heavy atom. The van der Waals surface area contributed by atoms with Gasteiger partial charge in [0.15, 0.2) is 11.6 Å². The van der Waals surface area contributed by atoms with E-state index >= 15 is 0 Å². The normalized spacial score (nSPS) is 22.4. The lowest BCUT2D eigenvalue weighted by atomic mass is 9.78. The summed E-state index contributed by atoms with van der Waals surface area (Å²) in [4.78, 5) is 42.2. The number of rotatable bonds is 7. The van der Waals surface area contributed by atoms with Gasteiger partial charge in [0.2, 0.25) is 0 Å². The van der Waals surface area contributed by atoms with Gasteiger partial charge in [0, 0.05) is 32.1 Å². The summed E-state index contributed by atoms with van der Waals surface area (Å²) in [5, 5.41) is 24.6. The van der Waals surface area contributed by atoms with Gasteiger partial charge in [0.1, 0.15) is 17.6 Å². The fourth-order valence-electron chi connectivity index (χ4n) is 5.52. The van der Waals surface area contributed by atoms with Gasteiger partial charge in [-0.3, -0.25) is 14.6 Å². The highest BCUT2D eigenvalue weighted by Gasteiger charge is 2.35. The van der Waals surface area contributed by atoms with Crippen LogP contribution in [0.5, 0.6) is 0 Å². The summed E-state index contributed by atoms with van der Waals surface area (Å²) in [5.74, 6) is -1.22. The van der Waals surface area contributed by atoms with Gasteiger partial charge in [-0.2, -0.15) is 0 Å². The molecule has 2 aliphatic carbocycles. The van der Waals surface area contributed by atoms with Crippen molar-refractivity contribution in [2.45, 2.75) is 63.3 Å². The third-order valence-electron chi connectivity index (χ3n) is 7.55. The number of aliphatic hydroxyl groups excluding tert-OH is 1. The second-order valence-electron chi connectivity index (χ2n) is 10.2. The quantitative estimate of drug-likeness (QED) is 0.312. The highest BCUT2D eigenvalue weighted by molar-refractivity contribution is 6.25. The van der Waals surface area contributed by atoms with Crippen molar-refractivity contribution in [3.63, 3.8) is 0 Å². The molecule has 0 amide bonds. The number of aromatic nitrogens is 1. The molecule has 0 bridgehead atoms. The number of hydrogen-bond donors (Lipinski definition) is 2. The van der Waals surface area contributed by atoms with E-state index in [1.54, 1.807) is 0 Å². The molecule has 1 heterocycles. The predicted octanol–water partition coefficient (Wildman–Crippen LogP) is 5.39. The Kier molecular flexibility index (Phi) is 7.54. The van der Waals surface area contributed by atoms with Crippen molar-refractivity contribution in [3.8, 4) is 0 Å². The minimum atomic E-state index is -1.11. The molecule has 3 atom stereocenters. The monoisotopic (exact) mass is 526 g/mol. The van der Waals surface area contributed by atoms with E-state index in [0.29, 0.717) is 36.3 Å². The van der Waals surface area contributed by atoms with Crippen LogP contribution in [0.2, 0.25) is 0 Å². The van der Waals surface area contributed by atoms with E-state index in [1.165, 1.54) is 6.92 Å². The summed E-state index contributed by atoms with van der Waals surface area (Å²) in [6.07, 6.45) is 1.68. The van der Waals surface area contributed by atoms with Crippen LogP contribution in [0, 0.1) is 0 Å². The first kappa shape index (κ1) is 26.3. The number of aliphatic carboxylic acids is 1. The van der Waals surface area contributed by atoms with E-state index in [0.717, 1.165) is 11.1 Å². The molecule has 0 spiro atoms. The van der Waals surface area contributed by atoms with Crippen molar-refractivity contribution in [2.75, 3.05) is 0 Å². The second-order valence-corrected chi connectivity index (χ2v) is 10.2. The number of aryl methyl sites for hydroxylation is 1. The fraction of sp³-hybridized carbons (Fsp3) is 0.323. The van der Waals surface area contributed by atoms with Gasteiger partial charge in [0.25, 0.3) is 0 Å². The Hall–Kier alpha value is -4.33. The van der Waals surface area contributed by atoms with Crippen LogP contribution in [0.15, 0.2) is 81.5 Å². The van der Waals surface area contributed by atoms with E-state index in [1.807, 2.05) is 60.7 Å². The molecule has 8 nitrogen and oxygen atoms in total. The van der Waals surface area contributed by atoms with E-state index in [9.17, 15) is 24.6 Å². The fourth-order valence-corrected chi connectivity index (χ4v) is 5.52. The first-order valence-electron chi connectivity index (χ1n) is 13.2. The molecule has 0 aliphatic heterocycles. The Morgan fingerprint density at radius 1 is 0.923 bits per heavy atom. The number of Topliss-reactive ketones (excluding diaryl/α,β-unsaturated/α-hetero) is 2. The molecule has 1 aromatic heterocycles. The van der Waals surface area contributed by atoms with Crippen LogP contribution < -0.4 is 0 Å². The smallest absolute Gasteiger partial charge is 0.328 e. The average molecular weight is 527 g/mol. The third kappa shape index (κ3) is 5.60. The number of aliphatic imine (C=N–C) groups is 1. The highest BCUT2D eigenvalue weighted by Crippen LogP contribution is 2.36. The van der Waals surface area contributed by atoms with Crippen LogP contribution in [-0.2, 0) is 22.4 Å². The summed E-state index contributed by atoms with van der Waals surface area (Å²) in [6.45, 7) is 1.44. The molecule has 2 N–H and O–H groups in total. The Bertz CT molecular complexity index is 1450. The number of aliphatic hydroxyl groups is 1. The summed E-state index contributed by atoms with van der Waals surface area (Å²) < 4.78 is 5.55. The van der Waals surface area contributed by atoms with Crippen LogP contribution in [-0.4, -0.2) is 44.7 Å². The van der Waals surface area contributed by atoms with Crippen molar-refractivity contribution in [2.24, 2.45) is 4.99 Å². The van der Waals surface area contributed by atoms with Crippen LogP contribution in [0.3, 0.4) is 0 Å². The van der Waals surface area contributed by atoms with Gasteiger partial charge in [0.05, 0.1) is 22.5 Å². The molecule has 3 aromatic rings. The van der Waals surface area contributed by atoms with Gasteiger partial charge in [-0.15, -0.1) is 0 Å². The van der Waals surface area contributed by atoms with Crippen LogP contribution >= 0.6 is 0 Å². The molecule has 0 saturated heterocycles. The SMILES string of the molecule is CC(N=C1CC(c2ccccc2)CC(=O)/C1=C(/O)CCc1noc2c1C(=O)CC(c1ccccc1)C2)C(=O)O. The van der Waals surface area contributed by atoms with Crippen molar-refractivity contribution in [3.05, 3.63) is 100 Å². The number of benzene rings is 2. The molecule has 8 heteroatoms. The van der Waals surface area contributed by atoms with Gasteiger partial charge in [-0.1, -0.05) is 65.8 Å². The second kappa shape index (κ2) is 11.2. The maximum Gasteiger partial charge on any atom is 0.328 e. The van der Waals surface area contributed by atoms with Crippen molar-refractivity contribution in [1.29, 1.82) is 0 Å². The number of carbonyl (C=O) groups is 3. The minimum Gasteiger partial charge on any atom is -0.511 e. The number of allylic oxidation sites excluding steroid dienone is 2. The zero-order chi connectivity index (χ0) is 27.5. The maximum absolute atomic E-state index is 13.3. The molecule has 1 saturated carbocycles. The molecule has 2 aliphatic rings. The van der Waals surface area contributed by atoms with Crippen molar-refractivity contribution in [1.82, 2.24) is 5.16 Å². The van der Waals surface area contributed by atoms with Crippen molar-refractivity contribution < 1.29 is 29.1 Å². The summed E-state index contributed by atoms with van der Waals surface area (Å²) in [6, 6.07) is 18.3. The topological polar surface area (TPSA) is 130 Å². The number of carboxylic acid groups (broad SMARTS) is 1. The first-order chi connectivity index (χ1) is 18.8. The van der Waals surface area contributed by atoms with E-state index in [-0.39, 0.29) is 59.7 Å². The average Bonchev–Trinajstić information content (AvgIpc) is 3.36. The van der Waals surface area contributed by atoms with Crippen molar-refractivity contribution >= 4 is 23.2 Å². The van der Waals surface area contributed by atoms with Crippen LogP contribution in [0.25, 0.3) is 0 Å². The lowest BCUT2D eigenvalue weighted by molar-refractivity contribution is -0.138. The predicted molar refractivity (Wildman–Crippen MR) is 144 cm³/mol. The lowest BCUT2D eigenvalue weighted by Crippen LogP contribution is -2.29. The van der Waals surface area contributed by atoms with Gasteiger partial charge < -0.3 is 14.7 Å². The molecule has 2 aromatic carbocycles. The molecular weight excluding hydrogens is 496 g/mol. The first-order valence-corrected chi connectivity index (χ1v) is 13.2. The standard InChI is InChI=1S/C31H30N2O6/c1-18(31(37)38)32-24-14-21(19-8-4-2-5-9-19)15-26(35)29(24)25(34)13-12-23-30-27(36)16-22(17-28(30)39-33-23)20-10-6-3-7-11-20/h2-11,18,21-22,34H,12-17H2,1H3,(H,37,38)/b29-25+,32-24?.